The van der Waals surface area contributed by atoms with Crippen LogP contribution in [0.3, 0.4) is 0 Å². The normalized spacial score (nSPS) is 37.8. The minimum atomic E-state index is 0.538. The van der Waals surface area contributed by atoms with E-state index in [-0.39, 0.29) is 0 Å². The van der Waals surface area contributed by atoms with Crippen molar-refractivity contribution in [1.82, 2.24) is 0 Å². The fraction of sp³-hybridized carbons (Fsp3) is 1.00. The van der Waals surface area contributed by atoms with Gasteiger partial charge in [0.15, 0.2) is 0 Å². The van der Waals surface area contributed by atoms with Crippen molar-refractivity contribution in [3.8, 4) is 0 Å². The van der Waals surface area contributed by atoms with Crippen molar-refractivity contribution in [3.63, 3.8) is 0 Å². The summed E-state index contributed by atoms with van der Waals surface area (Å²) in [6.45, 7) is 0. The standard InChI is InChI=1S/C11H21N/c12-11-6-5-10(8-11)7-9-3-1-2-4-9/h9-11H,1-8,12H2. The molecule has 2 atom stereocenters. The Labute approximate surface area is 75.7 Å². The summed E-state index contributed by atoms with van der Waals surface area (Å²) in [5, 5.41) is 0. The van der Waals surface area contributed by atoms with E-state index in [4.69, 9.17) is 5.73 Å². The highest BCUT2D eigenvalue weighted by atomic mass is 14.6. The van der Waals surface area contributed by atoms with Crippen molar-refractivity contribution in [2.24, 2.45) is 17.6 Å². The van der Waals surface area contributed by atoms with Gasteiger partial charge in [0.1, 0.15) is 0 Å². The van der Waals surface area contributed by atoms with Crippen LogP contribution < -0.4 is 5.73 Å². The molecule has 0 aromatic rings. The van der Waals surface area contributed by atoms with Crippen LogP contribution in [0.5, 0.6) is 0 Å². The van der Waals surface area contributed by atoms with Gasteiger partial charge >= 0.3 is 0 Å². The lowest BCUT2D eigenvalue weighted by molar-refractivity contribution is 0.379. The Morgan fingerprint density at radius 3 is 2.25 bits per heavy atom. The fourth-order valence-corrected chi connectivity index (χ4v) is 3.05. The second-order valence-corrected chi connectivity index (χ2v) is 4.83. The molecule has 12 heavy (non-hydrogen) atoms. The van der Waals surface area contributed by atoms with E-state index in [9.17, 15) is 0 Å². The summed E-state index contributed by atoms with van der Waals surface area (Å²) in [5.74, 6) is 2.06. The van der Waals surface area contributed by atoms with Crippen molar-refractivity contribution < 1.29 is 0 Å². The summed E-state index contributed by atoms with van der Waals surface area (Å²) in [4.78, 5) is 0. The molecule has 0 spiro atoms. The molecule has 0 saturated heterocycles. The van der Waals surface area contributed by atoms with Crippen LogP contribution >= 0.6 is 0 Å². The maximum atomic E-state index is 5.90. The highest BCUT2D eigenvalue weighted by molar-refractivity contribution is 4.80. The molecule has 2 unspecified atom stereocenters. The van der Waals surface area contributed by atoms with Crippen LogP contribution in [0.4, 0.5) is 0 Å². The molecule has 1 heteroatoms. The Bertz CT molecular complexity index is 138. The van der Waals surface area contributed by atoms with Gasteiger partial charge in [0.05, 0.1) is 0 Å². The first-order chi connectivity index (χ1) is 5.84. The smallest absolute Gasteiger partial charge is 0.00415 e. The molecule has 2 N–H and O–H groups in total. The topological polar surface area (TPSA) is 26.0 Å². The first kappa shape index (κ1) is 8.55. The number of nitrogens with two attached hydrogens (primary N) is 1. The van der Waals surface area contributed by atoms with Gasteiger partial charge < -0.3 is 5.73 Å². The van der Waals surface area contributed by atoms with Gasteiger partial charge in [0.25, 0.3) is 0 Å². The van der Waals surface area contributed by atoms with Gasteiger partial charge in [-0.1, -0.05) is 25.7 Å². The molecule has 2 saturated carbocycles. The summed E-state index contributed by atoms with van der Waals surface area (Å²) in [6.07, 6.45) is 11.5. The highest BCUT2D eigenvalue weighted by Gasteiger charge is 2.25. The molecule has 0 aromatic heterocycles. The van der Waals surface area contributed by atoms with Crippen LogP contribution in [0.25, 0.3) is 0 Å². The van der Waals surface area contributed by atoms with Crippen LogP contribution in [0, 0.1) is 11.8 Å². The molecule has 1 nitrogen and oxygen atoms in total. The predicted molar refractivity (Wildman–Crippen MR) is 51.9 cm³/mol. The monoisotopic (exact) mass is 167 g/mol. The van der Waals surface area contributed by atoms with E-state index in [1.54, 1.807) is 0 Å². The fourth-order valence-electron chi connectivity index (χ4n) is 3.05. The molecule has 70 valence electrons. The second-order valence-electron chi connectivity index (χ2n) is 4.83. The van der Waals surface area contributed by atoms with E-state index in [0.29, 0.717) is 6.04 Å². The first-order valence-corrected chi connectivity index (χ1v) is 5.60. The lowest BCUT2D eigenvalue weighted by Gasteiger charge is -2.14. The Balaban J connectivity index is 1.72. The Morgan fingerprint density at radius 2 is 1.67 bits per heavy atom. The molecule has 0 aliphatic heterocycles. The molecule has 0 aromatic carbocycles. The maximum absolute atomic E-state index is 5.90. The average Bonchev–Trinajstić information content (AvgIpc) is 2.63. The summed E-state index contributed by atoms with van der Waals surface area (Å²) < 4.78 is 0. The zero-order valence-corrected chi connectivity index (χ0v) is 7.97. The maximum Gasteiger partial charge on any atom is 0.00415 e. The third kappa shape index (κ3) is 2.01. The summed E-state index contributed by atoms with van der Waals surface area (Å²) in [6, 6.07) is 0.538. The number of hydrogen-bond donors (Lipinski definition) is 1. The van der Waals surface area contributed by atoms with Crippen molar-refractivity contribution >= 4 is 0 Å². The van der Waals surface area contributed by atoms with Gasteiger partial charge in [-0.25, -0.2) is 0 Å². The van der Waals surface area contributed by atoms with Gasteiger partial charge in [-0.3, -0.25) is 0 Å². The second kappa shape index (κ2) is 3.78. The quantitative estimate of drug-likeness (QED) is 0.672. The van der Waals surface area contributed by atoms with Crippen LogP contribution in [0.1, 0.15) is 51.4 Å². The summed E-state index contributed by atoms with van der Waals surface area (Å²) in [7, 11) is 0. The molecule has 2 fully saturated rings. The number of rotatable bonds is 2. The number of hydrogen-bond acceptors (Lipinski definition) is 1. The van der Waals surface area contributed by atoms with Gasteiger partial charge in [0.2, 0.25) is 0 Å². The molecule has 0 radical (unpaired) electrons. The lowest BCUT2D eigenvalue weighted by Crippen LogP contribution is -2.15. The lowest BCUT2D eigenvalue weighted by atomic mass is 9.92. The van der Waals surface area contributed by atoms with Crippen molar-refractivity contribution in [2.45, 2.75) is 57.4 Å². The van der Waals surface area contributed by atoms with Crippen LogP contribution in [0.2, 0.25) is 0 Å². The first-order valence-electron chi connectivity index (χ1n) is 5.60. The van der Waals surface area contributed by atoms with Crippen LogP contribution in [0.15, 0.2) is 0 Å². The molecule has 2 rings (SSSR count). The highest BCUT2D eigenvalue weighted by Crippen LogP contribution is 2.36. The third-order valence-electron chi connectivity index (χ3n) is 3.72. The van der Waals surface area contributed by atoms with Gasteiger partial charge in [0, 0.05) is 6.04 Å². The van der Waals surface area contributed by atoms with Crippen molar-refractivity contribution in [3.05, 3.63) is 0 Å². The van der Waals surface area contributed by atoms with Crippen molar-refractivity contribution in [2.75, 3.05) is 0 Å². The van der Waals surface area contributed by atoms with Crippen LogP contribution in [-0.2, 0) is 0 Å². The van der Waals surface area contributed by atoms with E-state index in [2.05, 4.69) is 0 Å². The molecule has 2 aliphatic carbocycles. The molecule has 0 bridgehead atoms. The summed E-state index contributed by atoms with van der Waals surface area (Å²) in [5.41, 5.74) is 5.90. The van der Waals surface area contributed by atoms with E-state index >= 15 is 0 Å². The van der Waals surface area contributed by atoms with E-state index in [0.717, 1.165) is 11.8 Å². The Morgan fingerprint density at radius 1 is 0.917 bits per heavy atom. The molecule has 0 amide bonds. The minimum absolute atomic E-state index is 0.538. The average molecular weight is 167 g/mol. The van der Waals surface area contributed by atoms with Crippen molar-refractivity contribution in [1.29, 1.82) is 0 Å². The zero-order chi connectivity index (χ0) is 8.39. The van der Waals surface area contributed by atoms with Gasteiger partial charge in [-0.15, -0.1) is 0 Å². The van der Waals surface area contributed by atoms with E-state index < -0.39 is 0 Å². The summed E-state index contributed by atoms with van der Waals surface area (Å²) >= 11 is 0. The zero-order valence-electron chi connectivity index (χ0n) is 7.97. The van der Waals surface area contributed by atoms with Gasteiger partial charge in [-0.05, 0) is 37.5 Å². The largest absolute Gasteiger partial charge is 0.328 e. The van der Waals surface area contributed by atoms with Crippen LogP contribution in [-0.4, -0.2) is 6.04 Å². The Hall–Kier alpha value is -0.0400. The SMILES string of the molecule is NC1CCC(CC2CCCC2)C1. The van der Waals surface area contributed by atoms with E-state index in [1.807, 2.05) is 0 Å². The Kier molecular flexibility index (Phi) is 2.69. The molecular formula is C11H21N. The van der Waals surface area contributed by atoms with E-state index in [1.165, 1.54) is 51.4 Å². The molecular weight excluding hydrogens is 146 g/mol. The van der Waals surface area contributed by atoms with Gasteiger partial charge in [-0.2, -0.15) is 0 Å². The predicted octanol–water partition coefficient (Wildman–Crippen LogP) is 2.69. The molecule has 2 aliphatic rings. The third-order valence-corrected chi connectivity index (χ3v) is 3.72. The molecule has 0 heterocycles. The minimum Gasteiger partial charge on any atom is -0.328 e.